The predicted molar refractivity (Wildman–Crippen MR) is 68.4 cm³/mol. The highest BCUT2D eigenvalue weighted by molar-refractivity contribution is 6.29. The smallest absolute Gasteiger partial charge is 0.272 e. The van der Waals surface area contributed by atoms with E-state index in [9.17, 15) is 4.79 Å². The first-order chi connectivity index (χ1) is 8.65. The summed E-state index contributed by atoms with van der Waals surface area (Å²) in [5.41, 5.74) is 0.638. The van der Waals surface area contributed by atoms with Crippen LogP contribution < -0.4 is 15.0 Å². The van der Waals surface area contributed by atoms with Crippen molar-refractivity contribution in [3.05, 3.63) is 39.8 Å². The summed E-state index contributed by atoms with van der Waals surface area (Å²) in [5.74, 6) is 1.18. The minimum Gasteiger partial charge on any atom is -0.497 e. The molecule has 0 atom stereocenters. The molecular weight excluding hydrogens is 256 g/mol. The third-order valence-corrected chi connectivity index (χ3v) is 2.66. The SMILES string of the molecule is COc1ccc(OC)c(-c2cc(Cl)n[nH]c2=O)c1. The van der Waals surface area contributed by atoms with Crippen LogP contribution in [0.3, 0.4) is 0 Å². The number of hydrogen-bond donors (Lipinski definition) is 1. The monoisotopic (exact) mass is 266 g/mol. The lowest BCUT2D eigenvalue weighted by molar-refractivity contribution is 0.404. The van der Waals surface area contributed by atoms with Crippen LogP contribution in [0.2, 0.25) is 5.15 Å². The Morgan fingerprint density at radius 1 is 1.17 bits per heavy atom. The third kappa shape index (κ3) is 2.31. The molecule has 1 aromatic heterocycles. The quantitative estimate of drug-likeness (QED) is 0.924. The zero-order chi connectivity index (χ0) is 13.1. The zero-order valence-electron chi connectivity index (χ0n) is 9.86. The molecule has 0 saturated carbocycles. The van der Waals surface area contributed by atoms with E-state index < -0.39 is 0 Å². The van der Waals surface area contributed by atoms with Crippen molar-refractivity contribution in [1.29, 1.82) is 0 Å². The minimum absolute atomic E-state index is 0.203. The normalized spacial score (nSPS) is 10.2. The van der Waals surface area contributed by atoms with E-state index in [0.717, 1.165) is 0 Å². The first kappa shape index (κ1) is 12.4. The molecule has 0 spiro atoms. The van der Waals surface area contributed by atoms with Crippen LogP contribution in [0.25, 0.3) is 11.1 Å². The number of rotatable bonds is 3. The van der Waals surface area contributed by atoms with Crippen molar-refractivity contribution in [3.8, 4) is 22.6 Å². The zero-order valence-corrected chi connectivity index (χ0v) is 10.6. The van der Waals surface area contributed by atoms with Gasteiger partial charge in [0.2, 0.25) is 0 Å². The summed E-state index contributed by atoms with van der Waals surface area (Å²) >= 11 is 5.78. The lowest BCUT2D eigenvalue weighted by Gasteiger charge is -2.09. The molecule has 6 heteroatoms. The Balaban J connectivity index is 2.68. The third-order valence-electron chi connectivity index (χ3n) is 2.47. The molecule has 0 bridgehead atoms. The number of benzene rings is 1. The Kier molecular flexibility index (Phi) is 3.53. The van der Waals surface area contributed by atoms with Gasteiger partial charge in [0.05, 0.1) is 19.8 Å². The fraction of sp³-hybridized carbons (Fsp3) is 0.167. The Bertz CT molecular complexity index is 625. The van der Waals surface area contributed by atoms with E-state index >= 15 is 0 Å². The van der Waals surface area contributed by atoms with Crippen LogP contribution in [0, 0.1) is 0 Å². The summed E-state index contributed by atoms with van der Waals surface area (Å²) < 4.78 is 10.4. The molecule has 0 radical (unpaired) electrons. The average Bonchev–Trinajstić information content (AvgIpc) is 2.40. The van der Waals surface area contributed by atoms with E-state index in [-0.39, 0.29) is 10.7 Å². The van der Waals surface area contributed by atoms with Crippen molar-refractivity contribution in [2.24, 2.45) is 0 Å². The number of methoxy groups -OCH3 is 2. The van der Waals surface area contributed by atoms with Gasteiger partial charge in [-0.05, 0) is 24.3 Å². The highest BCUT2D eigenvalue weighted by Gasteiger charge is 2.12. The Labute approximate surface area is 108 Å². The van der Waals surface area contributed by atoms with Crippen LogP contribution in [0.15, 0.2) is 29.1 Å². The van der Waals surface area contributed by atoms with Crippen LogP contribution in [0.5, 0.6) is 11.5 Å². The van der Waals surface area contributed by atoms with Gasteiger partial charge in [-0.3, -0.25) is 4.79 Å². The first-order valence-corrected chi connectivity index (χ1v) is 5.51. The lowest BCUT2D eigenvalue weighted by Crippen LogP contribution is -2.11. The van der Waals surface area contributed by atoms with E-state index in [0.29, 0.717) is 22.6 Å². The molecule has 1 N–H and O–H groups in total. The number of nitrogens with zero attached hydrogens (tertiary/aromatic N) is 1. The highest BCUT2D eigenvalue weighted by atomic mass is 35.5. The van der Waals surface area contributed by atoms with Gasteiger partial charge in [0.15, 0.2) is 0 Å². The summed E-state index contributed by atoms with van der Waals surface area (Å²) in [7, 11) is 3.08. The van der Waals surface area contributed by atoms with Crippen LogP contribution in [0.1, 0.15) is 0 Å². The van der Waals surface area contributed by atoms with Crippen LogP contribution in [-0.2, 0) is 0 Å². The van der Waals surface area contributed by atoms with E-state index in [1.54, 1.807) is 25.3 Å². The highest BCUT2D eigenvalue weighted by Crippen LogP contribution is 2.31. The number of hydrogen-bond acceptors (Lipinski definition) is 4. The van der Waals surface area contributed by atoms with Gasteiger partial charge in [-0.15, -0.1) is 0 Å². The molecule has 5 nitrogen and oxygen atoms in total. The molecule has 0 aliphatic carbocycles. The molecule has 0 saturated heterocycles. The van der Waals surface area contributed by atoms with Crippen molar-refractivity contribution in [2.75, 3.05) is 14.2 Å². The second-order valence-corrected chi connectivity index (χ2v) is 3.89. The summed E-state index contributed by atoms with van der Waals surface area (Å²) in [6, 6.07) is 6.67. The number of ether oxygens (including phenoxy) is 2. The van der Waals surface area contributed by atoms with E-state index in [1.807, 2.05) is 0 Å². The summed E-state index contributed by atoms with van der Waals surface area (Å²) in [4.78, 5) is 11.8. The Morgan fingerprint density at radius 2 is 1.94 bits per heavy atom. The largest absolute Gasteiger partial charge is 0.497 e. The van der Waals surface area contributed by atoms with Gasteiger partial charge >= 0.3 is 0 Å². The second kappa shape index (κ2) is 5.10. The maximum atomic E-state index is 11.8. The van der Waals surface area contributed by atoms with Gasteiger partial charge in [-0.25, -0.2) is 5.10 Å². The topological polar surface area (TPSA) is 64.2 Å². The van der Waals surface area contributed by atoms with Crippen molar-refractivity contribution in [3.63, 3.8) is 0 Å². The average molecular weight is 267 g/mol. The van der Waals surface area contributed by atoms with E-state index in [1.165, 1.54) is 13.2 Å². The van der Waals surface area contributed by atoms with Gasteiger partial charge in [0.1, 0.15) is 16.7 Å². The van der Waals surface area contributed by atoms with Crippen LogP contribution in [0.4, 0.5) is 0 Å². The van der Waals surface area contributed by atoms with Crippen molar-refractivity contribution in [1.82, 2.24) is 10.2 Å². The molecule has 0 fully saturated rings. The molecule has 2 aromatic rings. The maximum Gasteiger partial charge on any atom is 0.272 e. The number of halogens is 1. The van der Waals surface area contributed by atoms with Crippen molar-refractivity contribution in [2.45, 2.75) is 0 Å². The van der Waals surface area contributed by atoms with Gasteiger partial charge in [0, 0.05) is 5.56 Å². The Hall–Kier alpha value is -2.01. The molecule has 1 heterocycles. The molecule has 0 aliphatic rings. The summed E-state index contributed by atoms with van der Waals surface area (Å²) in [5, 5.41) is 6.14. The lowest BCUT2D eigenvalue weighted by atomic mass is 10.1. The molecule has 0 aliphatic heterocycles. The van der Waals surface area contributed by atoms with E-state index in [2.05, 4.69) is 10.2 Å². The second-order valence-electron chi connectivity index (χ2n) is 3.50. The van der Waals surface area contributed by atoms with Gasteiger partial charge in [-0.2, -0.15) is 5.10 Å². The maximum absolute atomic E-state index is 11.8. The number of H-pyrrole nitrogens is 1. The fourth-order valence-corrected chi connectivity index (χ4v) is 1.76. The fourth-order valence-electron chi connectivity index (χ4n) is 1.61. The molecule has 94 valence electrons. The Morgan fingerprint density at radius 3 is 2.61 bits per heavy atom. The van der Waals surface area contributed by atoms with Crippen LogP contribution >= 0.6 is 11.6 Å². The molecule has 1 aromatic carbocycles. The number of aromatic nitrogens is 2. The molecule has 2 rings (SSSR count). The number of nitrogens with one attached hydrogen (secondary N) is 1. The predicted octanol–water partition coefficient (Wildman–Crippen LogP) is 2.11. The summed E-state index contributed by atoms with van der Waals surface area (Å²) in [6.45, 7) is 0. The standard InChI is InChI=1S/C12H11ClN2O3/c1-17-7-3-4-10(18-2)8(5-7)9-6-11(13)14-15-12(9)16/h3-6H,1-2H3,(H,15,16). The molecular formula is C12H11ClN2O3. The first-order valence-electron chi connectivity index (χ1n) is 5.13. The number of aromatic amines is 1. The van der Waals surface area contributed by atoms with Gasteiger partial charge < -0.3 is 9.47 Å². The molecule has 18 heavy (non-hydrogen) atoms. The van der Waals surface area contributed by atoms with Crippen LogP contribution in [-0.4, -0.2) is 24.4 Å². The molecule has 0 unspecified atom stereocenters. The molecule has 0 amide bonds. The van der Waals surface area contributed by atoms with Crippen molar-refractivity contribution < 1.29 is 9.47 Å². The minimum atomic E-state index is -0.342. The van der Waals surface area contributed by atoms with Gasteiger partial charge in [-0.1, -0.05) is 11.6 Å². The van der Waals surface area contributed by atoms with E-state index in [4.69, 9.17) is 21.1 Å². The van der Waals surface area contributed by atoms with Crippen molar-refractivity contribution >= 4 is 11.6 Å². The summed E-state index contributed by atoms with van der Waals surface area (Å²) in [6.07, 6.45) is 0. The van der Waals surface area contributed by atoms with Gasteiger partial charge in [0.25, 0.3) is 5.56 Å².